The van der Waals surface area contributed by atoms with Gasteiger partial charge >= 0.3 is 6.03 Å². The van der Waals surface area contributed by atoms with Crippen molar-refractivity contribution >= 4 is 28.8 Å². The lowest BCUT2D eigenvalue weighted by Crippen LogP contribution is -2.31. The number of hydrogen-bond donors (Lipinski definition) is 2. The van der Waals surface area contributed by atoms with E-state index in [1.807, 2.05) is 36.4 Å². The van der Waals surface area contributed by atoms with Gasteiger partial charge in [0.2, 0.25) is 0 Å². The number of fused-ring (bicyclic) bond motifs is 1. The molecule has 218 valence electrons. The van der Waals surface area contributed by atoms with Crippen molar-refractivity contribution < 1.29 is 23.4 Å². The van der Waals surface area contributed by atoms with Gasteiger partial charge in [-0.2, -0.15) is 4.99 Å². The Kier molecular flexibility index (Phi) is 9.79. The molecule has 1 fully saturated rings. The Morgan fingerprint density at radius 2 is 1.83 bits per heavy atom. The number of aromatic nitrogens is 1. The van der Waals surface area contributed by atoms with Crippen molar-refractivity contribution in [1.29, 1.82) is 0 Å². The molecule has 4 aromatic rings. The van der Waals surface area contributed by atoms with Gasteiger partial charge in [-0.15, -0.1) is 0 Å². The molecule has 5 rings (SSSR count). The van der Waals surface area contributed by atoms with Gasteiger partial charge in [0.05, 0.1) is 24.9 Å². The quantitative estimate of drug-likeness (QED) is 0.119. The number of piperidine rings is 1. The molecule has 3 aromatic carbocycles. The normalized spacial score (nSPS) is 13.7. The van der Waals surface area contributed by atoms with Gasteiger partial charge in [0.15, 0.2) is 23.1 Å². The second-order valence-corrected chi connectivity index (χ2v) is 9.90. The van der Waals surface area contributed by atoms with Crippen LogP contribution in [0.25, 0.3) is 10.9 Å². The minimum atomic E-state index is -0.623. The molecule has 0 radical (unpaired) electrons. The zero-order chi connectivity index (χ0) is 29.1. The molecule has 1 aliphatic heterocycles. The standard InChI is InChI=1S/C32H34FN5O4/c1-40-30-20-25-27(21-31(30)41-18-8-17-38-15-6-3-7-16-38)34-14-13-28(25)42-29-12-11-24(19-26(29)33)36-37-32(39)35-22-23-9-4-2-5-10-23/h2,4-5,9-14,19-22,36H,3,6-8,15-18H2,1H3,(H,37,39). The fourth-order valence-electron chi connectivity index (χ4n) is 4.75. The lowest BCUT2D eigenvalue weighted by molar-refractivity contribution is 0.203. The first-order chi connectivity index (χ1) is 20.6. The third-order valence-electron chi connectivity index (χ3n) is 6.91. The molecule has 1 saturated heterocycles. The second kappa shape index (κ2) is 14.3. The number of rotatable bonds is 11. The van der Waals surface area contributed by atoms with Gasteiger partial charge < -0.3 is 19.1 Å². The molecule has 0 atom stereocenters. The number of pyridine rings is 1. The number of hydrazine groups is 1. The van der Waals surface area contributed by atoms with Crippen LogP contribution < -0.4 is 25.1 Å². The third-order valence-corrected chi connectivity index (χ3v) is 6.91. The van der Waals surface area contributed by atoms with Gasteiger partial charge in [-0.1, -0.05) is 36.8 Å². The van der Waals surface area contributed by atoms with Gasteiger partial charge in [0, 0.05) is 36.5 Å². The molecule has 1 aromatic heterocycles. The summed E-state index contributed by atoms with van der Waals surface area (Å²) in [6.07, 6.45) is 7.82. The first-order valence-electron chi connectivity index (χ1n) is 14.0. The van der Waals surface area contributed by atoms with E-state index in [1.54, 1.807) is 31.5 Å². The fourth-order valence-corrected chi connectivity index (χ4v) is 4.75. The minimum absolute atomic E-state index is 0.0125. The molecule has 10 heteroatoms. The van der Waals surface area contributed by atoms with Crippen LogP contribution in [0, 0.1) is 5.82 Å². The topological polar surface area (TPSA) is 97.3 Å². The van der Waals surface area contributed by atoms with Crippen LogP contribution in [0.1, 0.15) is 31.2 Å². The van der Waals surface area contributed by atoms with Crippen molar-refractivity contribution in [3.05, 3.63) is 84.3 Å². The summed E-state index contributed by atoms with van der Waals surface area (Å²) < 4.78 is 32.6. The minimum Gasteiger partial charge on any atom is -0.493 e. The summed E-state index contributed by atoms with van der Waals surface area (Å²) in [7, 11) is 1.58. The highest BCUT2D eigenvalue weighted by molar-refractivity contribution is 5.91. The number of carbonyl (C=O) groups excluding carboxylic acids is 1. The summed E-state index contributed by atoms with van der Waals surface area (Å²) in [6.45, 7) is 3.90. The molecule has 2 N–H and O–H groups in total. The Labute approximate surface area is 244 Å². The summed E-state index contributed by atoms with van der Waals surface area (Å²) in [5, 5.41) is 0.653. The van der Waals surface area contributed by atoms with Crippen LogP contribution >= 0.6 is 0 Å². The monoisotopic (exact) mass is 571 g/mol. The highest BCUT2D eigenvalue weighted by Crippen LogP contribution is 2.37. The number of amides is 2. The highest BCUT2D eigenvalue weighted by atomic mass is 19.1. The summed E-state index contributed by atoms with van der Waals surface area (Å²) in [4.78, 5) is 22.8. The van der Waals surface area contributed by atoms with Crippen molar-refractivity contribution in [2.24, 2.45) is 4.99 Å². The van der Waals surface area contributed by atoms with Crippen molar-refractivity contribution in [3.8, 4) is 23.0 Å². The van der Waals surface area contributed by atoms with Crippen molar-refractivity contribution in [1.82, 2.24) is 15.3 Å². The number of benzene rings is 3. The van der Waals surface area contributed by atoms with Crippen molar-refractivity contribution in [2.45, 2.75) is 25.7 Å². The molecule has 1 aliphatic rings. The molecule has 9 nitrogen and oxygen atoms in total. The number of methoxy groups -OCH3 is 1. The number of likely N-dealkylation sites (tertiary alicyclic amines) is 1. The van der Waals surface area contributed by atoms with Crippen molar-refractivity contribution in [2.75, 3.05) is 38.8 Å². The lowest BCUT2D eigenvalue weighted by atomic mass is 10.1. The van der Waals surface area contributed by atoms with Crippen molar-refractivity contribution in [3.63, 3.8) is 0 Å². The van der Waals surface area contributed by atoms with Gasteiger partial charge in [-0.25, -0.2) is 14.6 Å². The van der Waals surface area contributed by atoms with E-state index in [2.05, 4.69) is 25.7 Å². The van der Waals surface area contributed by atoms with E-state index in [1.165, 1.54) is 37.6 Å². The summed E-state index contributed by atoms with van der Waals surface area (Å²) in [6, 6.07) is 18.1. The number of aliphatic imine (C=N–C) groups is 1. The Morgan fingerprint density at radius 3 is 2.62 bits per heavy atom. The molecule has 42 heavy (non-hydrogen) atoms. The maximum absolute atomic E-state index is 15.0. The van der Waals surface area contributed by atoms with E-state index in [-0.39, 0.29) is 5.75 Å². The molecule has 2 heterocycles. The molecule has 0 bridgehead atoms. The number of anilines is 1. The van der Waals surface area contributed by atoms with E-state index in [4.69, 9.17) is 14.2 Å². The number of ether oxygens (including phenoxy) is 3. The smallest absolute Gasteiger partial charge is 0.359 e. The zero-order valence-electron chi connectivity index (χ0n) is 23.5. The largest absolute Gasteiger partial charge is 0.493 e. The van der Waals surface area contributed by atoms with Crippen LogP contribution in [0.5, 0.6) is 23.0 Å². The van der Waals surface area contributed by atoms with E-state index in [9.17, 15) is 9.18 Å². The molecular weight excluding hydrogens is 537 g/mol. The second-order valence-electron chi connectivity index (χ2n) is 9.90. The van der Waals surface area contributed by atoms with Gasteiger partial charge in [0.25, 0.3) is 0 Å². The van der Waals surface area contributed by atoms with Gasteiger partial charge in [-0.05, 0) is 62.2 Å². The molecule has 0 unspecified atom stereocenters. The average Bonchev–Trinajstić information content (AvgIpc) is 3.03. The van der Waals surface area contributed by atoms with Crippen LogP contribution in [-0.2, 0) is 0 Å². The Hall–Kier alpha value is -4.70. The first-order valence-corrected chi connectivity index (χ1v) is 14.0. The van der Waals surface area contributed by atoms with Crippen LogP contribution in [0.15, 0.2) is 77.9 Å². The average molecular weight is 572 g/mol. The Balaban J connectivity index is 1.21. The SMILES string of the molecule is COc1cc2c(Oc3ccc(NNC(=O)N=Cc4ccccc4)cc3F)ccnc2cc1OCCCN1CCCCC1. The Morgan fingerprint density at radius 1 is 1.00 bits per heavy atom. The maximum Gasteiger partial charge on any atom is 0.359 e. The fraction of sp³-hybridized carbons (Fsp3) is 0.281. The highest BCUT2D eigenvalue weighted by Gasteiger charge is 2.15. The molecular formula is C32H34FN5O4. The molecule has 2 amide bonds. The van der Waals surface area contributed by atoms with Gasteiger partial charge in [-0.3, -0.25) is 10.4 Å². The molecule has 0 spiro atoms. The van der Waals surface area contributed by atoms with Crippen LogP contribution in [0.4, 0.5) is 14.9 Å². The molecule has 0 aliphatic carbocycles. The number of nitrogens with zero attached hydrogens (tertiary/aromatic N) is 3. The summed E-state index contributed by atoms with van der Waals surface area (Å²) >= 11 is 0. The number of carbonyl (C=O) groups is 1. The number of nitrogens with one attached hydrogen (secondary N) is 2. The van der Waals surface area contributed by atoms with E-state index in [0.717, 1.165) is 31.6 Å². The number of urea groups is 1. The predicted octanol–water partition coefficient (Wildman–Crippen LogP) is 6.59. The van der Waals surface area contributed by atoms with Crippen LogP contribution in [0.3, 0.4) is 0 Å². The number of halogens is 1. The van der Waals surface area contributed by atoms with Crippen LogP contribution in [-0.4, -0.2) is 55.5 Å². The van der Waals surface area contributed by atoms with Crippen LogP contribution in [0.2, 0.25) is 0 Å². The maximum atomic E-state index is 15.0. The van der Waals surface area contributed by atoms with E-state index < -0.39 is 11.8 Å². The summed E-state index contributed by atoms with van der Waals surface area (Å²) in [5.41, 5.74) is 6.81. The molecule has 0 saturated carbocycles. The first kappa shape index (κ1) is 28.8. The Bertz CT molecular complexity index is 1530. The predicted molar refractivity (Wildman–Crippen MR) is 161 cm³/mol. The van der Waals surface area contributed by atoms with Gasteiger partial charge in [0.1, 0.15) is 5.75 Å². The number of hydrogen-bond acceptors (Lipinski definition) is 7. The van der Waals surface area contributed by atoms with E-state index >= 15 is 0 Å². The third kappa shape index (κ3) is 7.73. The lowest BCUT2D eigenvalue weighted by Gasteiger charge is -2.26. The summed E-state index contributed by atoms with van der Waals surface area (Å²) in [5.74, 6) is 0.957. The van der Waals surface area contributed by atoms with E-state index in [0.29, 0.717) is 40.4 Å². The zero-order valence-corrected chi connectivity index (χ0v) is 23.5.